The minimum atomic E-state index is -0.109. The fourth-order valence-corrected chi connectivity index (χ4v) is 2.50. The predicted octanol–water partition coefficient (Wildman–Crippen LogP) is 4.64. The zero-order valence-corrected chi connectivity index (χ0v) is 16.4. The molecule has 5 heteroatoms. The fourth-order valence-electron chi connectivity index (χ4n) is 2.50. The van der Waals surface area contributed by atoms with Gasteiger partial charge in [-0.05, 0) is 54.5 Å². The van der Waals surface area contributed by atoms with E-state index < -0.39 is 0 Å². The van der Waals surface area contributed by atoms with Crippen molar-refractivity contribution in [2.24, 2.45) is 5.92 Å². The number of ether oxygens (including phenoxy) is 4. The molecule has 0 aromatic heterocycles. The van der Waals surface area contributed by atoms with Gasteiger partial charge in [0.25, 0.3) is 0 Å². The summed E-state index contributed by atoms with van der Waals surface area (Å²) in [5.74, 6) is 2.66. The lowest BCUT2D eigenvalue weighted by Crippen LogP contribution is -2.04. The van der Waals surface area contributed by atoms with Crippen LogP contribution in [0.3, 0.4) is 0 Å². The van der Waals surface area contributed by atoms with Crippen molar-refractivity contribution in [2.75, 3.05) is 27.9 Å². The van der Waals surface area contributed by atoms with Crippen LogP contribution in [0.2, 0.25) is 0 Å². The molecule has 0 bridgehead atoms. The average Bonchev–Trinajstić information content (AvgIpc) is 2.69. The Hall–Kier alpha value is -2.95. The van der Waals surface area contributed by atoms with E-state index in [0.29, 0.717) is 35.3 Å². The number of benzene rings is 2. The molecule has 2 aromatic rings. The van der Waals surface area contributed by atoms with E-state index in [1.807, 2.05) is 6.07 Å². The number of carbonyl (C=O) groups is 1. The molecule has 0 fully saturated rings. The molecular weight excluding hydrogens is 344 g/mol. The van der Waals surface area contributed by atoms with Crippen LogP contribution >= 0.6 is 0 Å². The van der Waals surface area contributed by atoms with E-state index in [1.54, 1.807) is 57.7 Å². The number of hydrogen-bond acceptors (Lipinski definition) is 5. The number of allylic oxidation sites excluding steroid dienone is 1. The molecule has 0 saturated heterocycles. The van der Waals surface area contributed by atoms with E-state index in [9.17, 15) is 4.79 Å². The van der Waals surface area contributed by atoms with Crippen LogP contribution in [0, 0.1) is 5.92 Å². The molecule has 0 saturated carbocycles. The molecule has 144 valence electrons. The molecule has 2 aromatic carbocycles. The second-order valence-electron chi connectivity index (χ2n) is 6.35. The van der Waals surface area contributed by atoms with E-state index in [-0.39, 0.29) is 5.78 Å². The van der Waals surface area contributed by atoms with Gasteiger partial charge in [0.15, 0.2) is 17.3 Å². The van der Waals surface area contributed by atoms with Gasteiger partial charge in [-0.1, -0.05) is 13.8 Å². The van der Waals surface area contributed by atoms with E-state index in [2.05, 4.69) is 13.8 Å². The van der Waals surface area contributed by atoms with Crippen molar-refractivity contribution in [3.8, 4) is 23.0 Å². The zero-order chi connectivity index (χ0) is 19.8. The third kappa shape index (κ3) is 5.26. The molecule has 27 heavy (non-hydrogen) atoms. The highest BCUT2D eigenvalue weighted by Gasteiger charge is 2.14. The largest absolute Gasteiger partial charge is 0.493 e. The van der Waals surface area contributed by atoms with Gasteiger partial charge < -0.3 is 18.9 Å². The quantitative estimate of drug-likeness (QED) is 0.475. The first-order valence-electron chi connectivity index (χ1n) is 8.74. The lowest BCUT2D eigenvalue weighted by molar-refractivity contribution is 0.104. The minimum absolute atomic E-state index is 0.109. The van der Waals surface area contributed by atoms with Crippen molar-refractivity contribution in [3.63, 3.8) is 0 Å². The predicted molar refractivity (Wildman–Crippen MR) is 106 cm³/mol. The van der Waals surface area contributed by atoms with Gasteiger partial charge in [-0.15, -0.1) is 0 Å². The second-order valence-corrected chi connectivity index (χ2v) is 6.35. The summed E-state index contributed by atoms with van der Waals surface area (Å²) in [6, 6.07) is 10.7. The molecule has 5 nitrogen and oxygen atoms in total. The van der Waals surface area contributed by atoms with E-state index in [0.717, 1.165) is 11.3 Å². The van der Waals surface area contributed by atoms with Crippen LogP contribution in [0.1, 0.15) is 29.8 Å². The number of carbonyl (C=O) groups excluding carboxylic acids is 1. The van der Waals surface area contributed by atoms with Crippen molar-refractivity contribution in [1.29, 1.82) is 0 Å². The van der Waals surface area contributed by atoms with Crippen molar-refractivity contribution in [2.45, 2.75) is 13.8 Å². The Morgan fingerprint density at radius 2 is 1.59 bits per heavy atom. The van der Waals surface area contributed by atoms with Gasteiger partial charge in [0, 0.05) is 11.1 Å². The topological polar surface area (TPSA) is 54.0 Å². The summed E-state index contributed by atoms with van der Waals surface area (Å²) in [5, 5.41) is 0. The molecule has 2 rings (SSSR count). The molecule has 0 N–H and O–H groups in total. The van der Waals surface area contributed by atoms with Crippen molar-refractivity contribution >= 4 is 11.9 Å². The van der Waals surface area contributed by atoms with Crippen LogP contribution in [0.25, 0.3) is 6.08 Å². The summed E-state index contributed by atoms with van der Waals surface area (Å²) in [6.07, 6.45) is 3.21. The average molecular weight is 370 g/mol. The molecule has 0 heterocycles. The van der Waals surface area contributed by atoms with Gasteiger partial charge in [0.05, 0.1) is 27.9 Å². The Morgan fingerprint density at radius 1 is 0.926 bits per heavy atom. The first-order valence-corrected chi connectivity index (χ1v) is 8.74. The number of hydrogen-bond donors (Lipinski definition) is 0. The smallest absolute Gasteiger partial charge is 0.203 e. The van der Waals surface area contributed by atoms with Crippen molar-refractivity contribution < 1.29 is 23.7 Å². The number of ketones is 1. The maximum atomic E-state index is 12.4. The number of methoxy groups -OCH3 is 3. The van der Waals surface area contributed by atoms with Crippen LogP contribution in [0.4, 0.5) is 0 Å². The summed E-state index contributed by atoms with van der Waals surface area (Å²) < 4.78 is 21.7. The third-order valence-corrected chi connectivity index (χ3v) is 3.87. The van der Waals surface area contributed by atoms with Gasteiger partial charge >= 0.3 is 0 Å². The zero-order valence-electron chi connectivity index (χ0n) is 16.4. The fraction of sp³-hybridized carbons (Fsp3) is 0.318. The first-order chi connectivity index (χ1) is 13.0. The summed E-state index contributed by atoms with van der Waals surface area (Å²) in [7, 11) is 4.65. The SMILES string of the molecule is COc1ccc(/C=C/C(=O)c2ccc(OCC(C)C)cc2)c(OC)c1OC. The van der Waals surface area contributed by atoms with Crippen LogP contribution in [0.5, 0.6) is 23.0 Å². The van der Waals surface area contributed by atoms with E-state index in [1.165, 1.54) is 6.08 Å². The molecule has 0 unspecified atom stereocenters. The van der Waals surface area contributed by atoms with Gasteiger partial charge in [-0.3, -0.25) is 4.79 Å². The van der Waals surface area contributed by atoms with Crippen LogP contribution in [-0.4, -0.2) is 33.7 Å². The molecule has 0 atom stereocenters. The molecule has 0 amide bonds. The van der Waals surface area contributed by atoms with Crippen molar-refractivity contribution in [1.82, 2.24) is 0 Å². The Balaban J connectivity index is 2.17. The molecule has 0 aliphatic carbocycles. The van der Waals surface area contributed by atoms with Crippen LogP contribution in [0.15, 0.2) is 42.5 Å². The highest BCUT2D eigenvalue weighted by atomic mass is 16.5. The molecular formula is C22H26O5. The molecule has 0 spiro atoms. The normalized spacial score (nSPS) is 10.9. The maximum Gasteiger partial charge on any atom is 0.203 e. The number of rotatable bonds is 9. The summed E-state index contributed by atoms with van der Waals surface area (Å²) >= 11 is 0. The Bertz CT molecular complexity index is 791. The van der Waals surface area contributed by atoms with Crippen LogP contribution < -0.4 is 18.9 Å². The minimum Gasteiger partial charge on any atom is -0.493 e. The summed E-state index contributed by atoms with van der Waals surface area (Å²) in [6.45, 7) is 4.82. The lowest BCUT2D eigenvalue weighted by atomic mass is 10.1. The van der Waals surface area contributed by atoms with E-state index >= 15 is 0 Å². The lowest BCUT2D eigenvalue weighted by Gasteiger charge is -2.13. The monoisotopic (exact) mass is 370 g/mol. The molecule has 0 aliphatic rings. The summed E-state index contributed by atoms with van der Waals surface area (Å²) in [5.41, 5.74) is 1.31. The highest BCUT2D eigenvalue weighted by Crippen LogP contribution is 2.40. The summed E-state index contributed by atoms with van der Waals surface area (Å²) in [4.78, 5) is 12.4. The first kappa shape index (κ1) is 20.4. The molecule has 0 aliphatic heterocycles. The van der Waals surface area contributed by atoms with Gasteiger partial charge in [-0.2, -0.15) is 0 Å². The second kappa shape index (κ2) is 9.67. The van der Waals surface area contributed by atoms with Crippen molar-refractivity contribution in [3.05, 3.63) is 53.6 Å². The van der Waals surface area contributed by atoms with Crippen LogP contribution in [-0.2, 0) is 0 Å². The highest BCUT2D eigenvalue weighted by molar-refractivity contribution is 6.07. The van der Waals surface area contributed by atoms with Gasteiger partial charge in [0.2, 0.25) is 5.75 Å². The van der Waals surface area contributed by atoms with E-state index in [4.69, 9.17) is 18.9 Å². The Kier molecular flexibility index (Phi) is 7.29. The Morgan fingerprint density at radius 3 is 2.15 bits per heavy atom. The van der Waals surface area contributed by atoms with Gasteiger partial charge in [-0.25, -0.2) is 0 Å². The van der Waals surface area contributed by atoms with Gasteiger partial charge in [0.1, 0.15) is 5.75 Å². The Labute approximate surface area is 160 Å². The third-order valence-electron chi connectivity index (χ3n) is 3.87. The standard InChI is InChI=1S/C22H26O5/c1-15(2)14-27-18-10-6-16(7-11-18)19(23)12-8-17-9-13-20(24-3)22(26-5)21(17)25-4/h6-13,15H,14H2,1-5H3/b12-8+. The maximum absolute atomic E-state index is 12.4. The molecule has 0 radical (unpaired) electrons.